The number of anilines is 5. The van der Waals surface area contributed by atoms with E-state index in [2.05, 4.69) is 223 Å². The molecule has 0 spiro atoms. The number of thiophene rings is 2. The highest BCUT2D eigenvalue weighted by atomic mass is 32.1. The molecule has 14 rings (SSSR count). The third kappa shape index (κ3) is 6.23. The summed E-state index contributed by atoms with van der Waals surface area (Å²) in [4.78, 5) is 8.21. The summed E-state index contributed by atoms with van der Waals surface area (Å²) in [5, 5.41) is 5.26. The number of nitrogens with zero attached hydrogens (tertiary/aromatic N) is 3. The van der Waals surface area contributed by atoms with E-state index in [0.717, 1.165) is 25.7 Å². The predicted octanol–water partition coefficient (Wildman–Crippen LogP) is 18.4. The minimum Gasteiger partial charge on any atom is -0.332 e. The first-order valence-corrected chi connectivity index (χ1v) is 26.4. The SMILES string of the molecule is Cc1ccccc1N(c1ccc(-c2cc3c(cc2-n2c4ccccc4c4ccccc42)N(c2cccc4c5c(sc24)CCC=C5)C2C=CC=CC32)c(C(C)C)c1)c1cccc2c3c(sc12)CCC=C3. The van der Waals surface area contributed by atoms with Crippen LogP contribution >= 0.6 is 22.7 Å². The zero-order valence-corrected chi connectivity index (χ0v) is 40.7. The van der Waals surface area contributed by atoms with E-state index in [1.807, 2.05) is 22.7 Å². The lowest BCUT2D eigenvalue weighted by Gasteiger charge is -2.30. The third-order valence-electron chi connectivity index (χ3n) is 15.3. The normalized spacial score (nSPS) is 16.8. The van der Waals surface area contributed by atoms with Gasteiger partial charge in [0.25, 0.3) is 0 Å². The molecule has 7 aromatic carbocycles. The fourth-order valence-electron chi connectivity index (χ4n) is 12.1. The van der Waals surface area contributed by atoms with Gasteiger partial charge in [-0.2, -0.15) is 0 Å². The highest BCUT2D eigenvalue weighted by molar-refractivity contribution is 7.20. The van der Waals surface area contributed by atoms with Crippen LogP contribution in [0.25, 0.3) is 70.9 Å². The lowest BCUT2D eigenvalue weighted by atomic mass is 9.86. The molecule has 334 valence electrons. The maximum Gasteiger partial charge on any atom is 0.0640 e. The third-order valence-corrected chi connectivity index (χ3v) is 17.9. The molecule has 0 radical (unpaired) electrons. The number of fused-ring (bicyclic) bond motifs is 12. The van der Waals surface area contributed by atoms with Gasteiger partial charge in [0, 0.05) is 59.8 Å². The second-order valence-corrected chi connectivity index (χ2v) is 21.8. The fourth-order valence-corrected chi connectivity index (χ4v) is 14.8. The summed E-state index contributed by atoms with van der Waals surface area (Å²) in [6.07, 6.45) is 23.2. The van der Waals surface area contributed by atoms with Crippen molar-refractivity contribution >= 4 is 105 Å². The first kappa shape index (κ1) is 40.8. The molecule has 2 unspecified atom stereocenters. The maximum absolute atomic E-state index is 2.68. The van der Waals surface area contributed by atoms with Crippen molar-refractivity contribution < 1.29 is 0 Å². The largest absolute Gasteiger partial charge is 0.332 e. The van der Waals surface area contributed by atoms with E-state index < -0.39 is 0 Å². The molecule has 10 aromatic rings. The van der Waals surface area contributed by atoms with Gasteiger partial charge in [-0.05, 0) is 127 Å². The van der Waals surface area contributed by atoms with Gasteiger partial charge < -0.3 is 14.4 Å². The van der Waals surface area contributed by atoms with Crippen molar-refractivity contribution in [3.8, 4) is 16.8 Å². The van der Waals surface area contributed by atoms with Gasteiger partial charge in [0.2, 0.25) is 0 Å². The van der Waals surface area contributed by atoms with Gasteiger partial charge in [-0.1, -0.05) is 147 Å². The summed E-state index contributed by atoms with van der Waals surface area (Å²) in [6, 6.07) is 53.4. The number of hydrogen-bond donors (Lipinski definition) is 0. The molecular formula is C64H51N3S2. The van der Waals surface area contributed by atoms with E-state index in [1.54, 1.807) is 0 Å². The Labute approximate surface area is 411 Å². The maximum atomic E-state index is 2.68. The predicted molar refractivity (Wildman–Crippen MR) is 299 cm³/mol. The Hall–Kier alpha value is -7.18. The van der Waals surface area contributed by atoms with E-state index >= 15 is 0 Å². The zero-order chi connectivity index (χ0) is 45.9. The molecule has 2 atom stereocenters. The van der Waals surface area contributed by atoms with E-state index in [9.17, 15) is 0 Å². The molecule has 0 fully saturated rings. The molecule has 5 heteroatoms. The molecule has 69 heavy (non-hydrogen) atoms. The molecule has 0 amide bonds. The fraction of sp³-hybridized carbons (Fsp3) is 0.156. The summed E-state index contributed by atoms with van der Waals surface area (Å²) in [6.45, 7) is 7.00. The van der Waals surface area contributed by atoms with Gasteiger partial charge in [0.05, 0.1) is 43.5 Å². The van der Waals surface area contributed by atoms with Gasteiger partial charge in [-0.25, -0.2) is 0 Å². The Bertz CT molecular complexity index is 3830. The second kappa shape index (κ2) is 15.9. The van der Waals surface area contributed by atoms with Crippen LogP contribution in [0.15, 0.2) is 176 Å². The molecule has 0 saturated heterocycles. The van der Waals surface area contributed by atoms with Crippen molar-refractivity contribution in [2.45, 2.75) is 64.3 Å². The first-order chi connectivity index (χ1) is 34.0. The number of allylic oxidation sites excluding steroid dienone is 4. The van der Waals surface area contributed by atoms with Crippen LogP contribution in [0.1, 0.15) is 76.1 Å². The van der Waals surface area contributed by atoms with Crippen molar-refractivity contribution in [3.05, 3.63) is 214 Å². The van der Waals surface area contributed by atoms with Crippen LogP contribution in [0.5, 0.6) is 0 Å². The summed E-state index contributed by atoms with van der Waals surface area (Å²) in [7, 11) is 0. The quantitative estimate of drug-likeness (QED) is 0.158. The van der Waals surface area contributed by atoms with Crippen molar-refractivity contribution in [1.82, 2.24) is 4.57 Å². The molecule has 3 aromatic heterocycles. The zero-order valence-electron chi connectivity index (χ0n) is 39.1. The minimum absolute atomic E-state index is 0.155. The molecule has 0 saturated carbocycles. The smallest absolute Gasteiger partial charge is 0.0640 e. The van der Waals surface area contributed by atoms with E-state index in [0.29, 0.717) is 0 Å². The second-order valence-electron chi connectivity index (χ2n) is 19.6. The molecule has 4 aliphatic rings. The topological polar surface area (TPSA) is 11.4 Å². The van der Waals surface area contributed by atoms with Crippen molar-refractivity contribution in [2.24, 2.45) is 0 Å². The van der Waals surface area contributed by atoms with Crippen LogP contribution in [-0.2, 0) is 12.8 Å². The van der Waals surface area contributed by atoms with Gasteiger partial charge in [-0.3, -0.25) is 0 Å². The first-order valence-electron chi connectivity index (χ1n) is 24.7. The standard InChI is InChI=1S/C64H51N3S2/c1-39(2)50-36-41(65(53-26-10-4-18-40(53)3)57-30-16-24-48-46-22-8-14-32-61(46)68-63(48)57)34-35-42(50)51-37-52-45-21-7-13-29-56(45)67(58-31-17-25-49-47-23-9-15-33-62(47)69-64(49)58)60(52)38-59(51)66-54-27-11-5-19-43(54)44-20-6-12-28-55(44)66/h4-13,16-31,34-39,45,56H,14-15,32-33H2,1-3H3. The lowest BCUT2D eigenvalue weighted by Crippen LogP contribution is -2.28. The van der Waals surface area contributed by atoms with Crippen molar-refractivity contribution in [3.63, 3.8) is 0 Å². The van der Waals surface area contributed by atoms with Crippen LogP contribution in [0.3, 0.4) is 0 Å². The monoisotopic (exact) mass is 925 g/mol. The summed E-state index contributed by atoms with van der Waals surface area (Å²) in [5.41, 5.74) is 19.2. The van der Waals surface area contributed by atoms with Crippen molar-refractivity contribution in [2.75, 3.05) is 9.80 Å². The molecule has 4 heterocycles. The van der Waals surface area contributed by atoms with Gasteiger partial charge in [0.15, 0.2) is 0 Å². The highest BCUT2D eigenvalue weighted by Crippen LogP contribution is 2.55. The number of rotatable bonds is 7. The van der Waals surface area contributed by atoms with Crippen LogP contribution in [0.4, 0.5) is 28.4 Å². The minimum atomic E-state index is 0.155. The number of aromatic nitrogens is 1. The molecule has 3 aliphatic carbocycles. The van der Waals surface area contributed by atoms with Crippen LogP contribution in [0.2, 0.25) is 0 Å². The van der Waals surface area contributed by atoms with Crippen LogP contribution in [0, 0.1) is 6.92 Å². The van der Waals surface area contributed by atoms with Crippen LogP contribution in [-0.4, -0.2) is 10.6 Å². The Morgan fingerprint density at radius 3 is 1.94 bits per heavy atom. The summed E-state index contributed by atoms with van der Waals surface area (Å²) < 4.78 is 5.30. The molecule has 0 N–H and O–H groups in total. The Morgan fingerprint density at radius 1 is 0.565 bits per heavy atom. The summed E-state index contributed by atoms with van der Waals surface area (Å²) in [5.74, 6) is 0.442. The molecule has 0 bridgehead atoms. The van der Waals surface area contributed by atoms with E-state index in [1.165, 1.54) is 125 Å². The number of hydrogen-bond acceptors (Lipinski definition) is 4. The average Bonchev–Trinajstić information content (AvgIpc) is 4.15. The number of benzene rings is 7. The summed E-state index contributed by atoms with van der Waals surface area (Å²) >= 11 is 3.98. The number of para-hydroxylation sites is 3. The lowest BCUT2D eigenvalue weighted by molar-refractivity contribution is 0.746. The van der Waals surface area contributed by atoms with Gasteiger partial charge >= 0.3 is 0 Å². The Morgan fingerprint density at radius 2 is 1.20 bits per heavy atom. The molecular weight excluding hydrogens is 875 g/mol. The van der Waals surface area contributed by atoms with E-state index in [4.69, 9.17) is 0 Å². The van der Waals surface area contributed by atoms with Crippen molar-refractivity contribution in [1.29, 1.82) is 0 Å². The number of aryl methyl sites for hydroxylation is 3. The van der Waals surface area contributed by atoms with Gasteiger partial charge in [-0.15, -0.1) is 22.7 Å². The van der Waals surface area contributed by atoms with Gasteiger partial charge in [0.1, 0.15) is 0 Å². The Balaban J connectivity index is 1.03. The van der Waals surface area contributed by atoms with E-state index in [-0.39, 0.29) is 17.9 Å². The molecule has 1 aliphatic heterocycles. The molecule has 3 nitrogen and oxygen atoms in total. The average molecular weight is 926 g/mol. The van der Waals surface area contributed by atoms with Crippen LogP contribution < -0.4 is 9.80 Å². The Kier molecular flexibility index (Phi) is 9.44. The highest BCUT2D eigenvalue weighted by Gasteiger charge is 2.40.